The fourth-order valence-electron chi connectivity index (χ4n) is 2.87. The molecule has 0 saturated carbocycles. The molecule has 28 heavy (non-hydrogen) atoms. The van der Waals surface area contributed by atoms with Crippen molar-refractivity contribution in [3.8, 4) is 0 Å². The molecule has 2 aromatic carbocycles. The molecule has 11 heteroatoms. The number of sulfonamides is 1. The predicted molar refractivity (Wildman–Crippen MR) is 93.8 cm³/mol. The zero-order valence-electron chi connectivity index (χ0n) is 14.1. The van der Waals surface area contributed by atoms with Crippen LogP contribution in [0.3, 0.4) is 0 Å². The number of nitrogens with zero attached hydrogens (tertiary/aromatic N) is 1. The lowest BCUT2D eigenvalue weighted by Gasteiger charge is -2.20. The minimum absolute atomic E-state index is 0.184. The quantitative estimate of drug-likeness (QED) is 0.746. The molecule has 0 unspecified atom stereocenters. The zero-order valence-corrected chi connectivity index (χ0v) is 14.9. The number of amides is 2. The number of halogens is 3. The monoisotopic (exact) mass is 413 g/mol. The van der Waals surface area contributed by atoms with E-state index in [1.54, 1.807) is 0 Å². The lowest BCUT2D eigenvalue weighted by molar-refractivity contribution is -0.137. The number of hydrogen-bond donors (Lipinski definition) is 2. The van der Waals surface area contributed by atoms with Crippen LogP contribution in [0.5, 0.6) is 0 Å². The largest absolute Gasteiger partial charge is 0.418 e. The second-order valence-corrected chi connectivity index (χ2v) is 7.62. The highest BCUT2D eigenvalue weighted by molar-refractivity contribution is 7.89. The lowest BCUT2D eigenvalue weighted by Crippen LogP contribution is -2.36. The number of nitrogens with two attached hydrogens (primary N) is 1. The van der Waals surface area contributed by atoms with E-state index >= 15 is 0 Å². The number of para-hydroxylation sites is 1. The zero-order chi connectivity index (χ0) is 20.7. The Morgan fingerprint density at radius 3 is 2.39 bits per heavy atom. The molecule has 1 atom stereocenters. The second-order valence-electron chi connectivity index (χ2n) is 6.06. The third-order valence-corrected chi connectivity index (χ3v) is 5.01. The van der Waals surface area contributed by atoms with Crippen molar-refractivity contribution < 1.29 is 31.2 Å². The van der Waals surface area contributed by atoms with Gasteiger partial charge in [0, 0.05) is 5.69 Å². The fourth-order valence-corrected chi connectivity index (χ4v) is 3.43. The van der Waals surface area contributed by atoms with Crippen LogP contribution in [0.1, 0.15) is 12.0 Å². The fraction of sp³-hybridized carbons (Fsp3) is 0.176. The molecule has 7 nitrogen and oxygen atoms in total. The molecule has 148 valence electrons. The summed E-state index contributed by atoms with van der Waals surface area (Å²) in [7, 11) is -3.99. The van der Waals surface area contributed by atoms with Gasteiger partial charge in [-0.3, -0.25) is 9.59 Å². The van der Waals surface area contributed by atoms with E-state index in [1.165, 1.54) is 30.3 Å². The Labute approximate surface area is 158 Å². The molecule has 2 aromatic rings. The van der Waals surface area contributed by atoms with Gasteiger partial charge < -0.3 is 5.32 Å². The molecular formula is C17H14F3N3O4S. The van der Waals surface area contributed by atoms with Crippen LogP contribution in [0, 0.1) is 0 Å². The standard InChI is InChI=1S/C17H14F3N3O4S/c18-17(19,20)12-6-1-2-7-14(12)23-15(24)9-13(16(23)25)22-10-4-3-5-11(8-10)28(21,26)27/h1-8,13,22H,9H2,(H2,21,26,27)/t13-/m1/s1. The summed E-state index contributed by atoms with van der Waals surface area (Å²) in [5, 5.41) is 7.73. The van der Waals surface area contributed by atoms with Gasteiger partial charge in [0.2, 0.25) is 15.9 Å². The first-order valence-corrected chi connectivity index (χ1v) is 9.45. The van der Waals surface area contributed by atoms with Crippen molar-refractivity contribution in [2.24, 2.45) is 5.14 Å². The predicted octanol–water partition coefficient (Wildman–Crippen LogP) is 2.10. The Morgan fingerprint density at radius 1 is 1.07 bits per heavy atom. The van der Waals surface area contributed by atoms with E-state index in [0.717, 1.165) is 18.2 Å². The van der Waals surface area contributed by atoms with Crippen molar-refractivity contribution in [1.29, 1.82) is 0 Å². The summed E-state index contributed by atoms with van der Waals surface area (Å²) in [5.74, 6) is -1.68. The number of rotatable bonds is 4. The van der Waals surface area contributed by atoms with Crippen LogP contribution in [-0.2, 0) is 25.8 Å². The minimum atomic E-state index is -4.74. The summed E-state index contributed by atoms with van der Waals surface area (Å²) in [5.41, 5.74) is -1.47. The Morgan fingerprint density at radius 2 is 1.75 bits per heavy atom. The molecule has 0 bridgehead atoms. The van der Waals surface area contributed by atoms with Crippen molar-refractivity contribution in [3.63, 3.8) is 0 Å². The maximum absolute atomic E-state index is 13.2. The molecule has 1 saturated heterocycles. The van der Waals surface area contributed by atoms with Crippen molar-refractivity contribution in [2.75, 3.05) is 10.2 Å². The number of benzene rings is 2. The number of hydrogen-bond acceptors (Lipinski definition) is 5. The molecule has 2 amide bonds. The maximum atomic E-state index is 13.2. The topological polar surface area (TPSA) is 110 Å². The van der Waals surface area contributed by atoms with Gasteiger partial charge in [-0.25, -0.2) is 18.5 Å². The van der Waals surface area contributed by atoms with Gasteiger partial charge in [0.15, 0.2) is 0 Å². The molecule has 3 N–H and O–H groups in total. The van der Waals surface area contributed by atoms with E-state index in [1.807, 2.05) is 0 Å². The van der Waals surface area contributed by atoms with E-state index in [-0.39, 0.29) is 17.0 Å². The van der Waals surface area contributed by atoms with Crippen LogP contribution < -0.4 is 15.4 Å². The van der Waals surface area contributed by atoms with Crippen LogP contribution in [0.15, 0.2) is 53.4 Å². The van der Waals surface area contributed by atoms with E-state index in [0.29, 0.717) is 4.90 Å². The average Bonchev–Trinajstić information content (AvgIpc) is 2.87. The summed E-state index contributed by atoms with van der Waals surface area (Å²) in [6, 6.07) is 8.36. The number of alkyl halides is 3. The van der Waals surface area contributed by atoms with E-state index in [4.69, 9.17) is 5.14 Å². The average molecular weight is 413 g/mol. The van der Waals surface area contributed by atoms with E-state index < -0.39 is 45.3 Å². The molecule has 0 spiro atoms. The van der Waals surface area contributed by atoms with Gasteiger partial charge in [0.25, 0.3) is 5.91 Å². The molecule has 1 fully saturated rings. The van der Waals surface area contributed by atoms with Crippen LogP contribution in [0.25, 0.3) is 0 Å². The molecule has 0 aliphatic carbocycles. The molecule has 3 rings (SSSR count). The van der Waals surface area contributed by atoms with Gasteiger partial charge in [0.1, 0.15) is 6.04 Å². The smallest absolute Gasteiger partial charge is 0.373 e. The van der Waals surface area contributed by atoms with E-state index in [2.05, 4.69) is 5.32 Å². The van der Waals surface area contributed by atoms with Crippen molar-refractivity contribution in [3.05, 3.63) is 54.1 Å². The summed E-state index contributed by atoms with van der Waals surface area (Å²) in [6.07, 6.45) is -5.13. The second kappa shape index (κ2) is 6.91. The first-order valence-electron chi connectivity index (χ1n) is 7.91. The van der Waals surface area contributed by atoms with Crippen molar-refractivity contribution >= 4 is 33.2 Å². The van der Waals surface area contributed by atoms with Gasteiger partial charge >= 0.3 is 6.18 Å². The highest BCUT2D eigenvalue weighted by Gasteiger charge is 2.44. The first kappa shape index (κ1) is 19.8. The molecule has 0 radical (unpaired) electrons. The van der Waals surface area contributed by atoms with Gasteiger partial charge in [0.05, 0.1) is 22.6 Å². The Hall–Kier alpha value is -2.92. The Balaban J connectivity index is 1.90. The highest BCUT2D eigenvalue weighted by Crippen LogP contribution is 2.38. The number of primary sulfonamides is 1. The summed E-state index contributed by atoms with van der Waals surface area (Å²) in [6.45, 7) is 0. The van der Waals surface area contributed by atoms with Crippen LogP contribution in [-0.4, -0.2) is 26.3 Å². The van der Waals surface area contributed by atoms with Crippen molar-refractivity contribution in [1.82, 2.24) is 0 Å². The first-order chi connectivity index (χ1) is 13.0. The third kappa shape index (κ3) is 3.85. The number of carbonyl (C=O) groups excluding carboxylic acids is 2. The molecule has 1 aliphatic rings. The minimum Gasteiger partial charge on any atom is -0.373 e. The summed E-state index contributed by atoms with van der Waals surface area (Å²) >= 11 is 0. The SMILES string of the molecule is NS(=O)(=O)c1cccc(N[C@@H]2CC(=O)N(c3ccccc3C(F)(F)F)C2=O)c1. The molecule has 0 aromatic heterocycles. The van der Waals surface area contributed by atoms with Gasteiger partial charge in [-0.1, -0.05) is 18.2 Å². The van der Waals surface area contributed by atoms with Crippen LogP contribution >= 0.6 is 0 Å². The number of anilines is 2. The molecule has 1 aliphatic heterocycles. The summed E-state index contributed by atoms with van der Waals surface area (Å²) in [4.78, 5) is 25.2. The van der Waals surface area contributed by atoms with Crippen LogP contribution in [0.4, 0.5) is 24.5 Å². The molecular weight excluding hydrogens is 399 g/mol. The highest BCUT2D eigenvalue weighted by atomic mass is 32.2. The third-order valence-electron chi connectivity index (χ3n) is 4.10. The van der Waals surface area contributed by atoms with Gasteiger partial charge in [-0.2, -0.15) is 13.2 Å². The normalized spacial score (nSPS) is 17.9. The van der Waals surface area contributed by atoms with Gasteiger partial charge in [-0.05, 0) is 30.3 Å². The van der Waals surface area contributed by atoms with E-state index in [9.17, 15) is 31.2 Å². The van der Waals surface area contributed by atoms with Crippen molar-refractivity contribution in [2.45, 2.75) is 23.5 Å². The Kier molecular flexibility index (Phi) is 4.90. The number of imide groups is 1. The van der Waals surface area contributed by atoms with Gasteiger partial charge in [-0.15, -0.1) is 0 Å². The number of nitrogens with one attached hydrogen (secondary N) is 1. The number of carbonyl (C=O) groups is 2. The summed E-state index contributed by atoms with van der Waals surface area (Å²) < 4.78 is 62.5. The van der Waals surface area contributed by atoms with Crippen LogP contribution in [0.2, 0.25) is 0 Å². The lowest BCUT2D eigenvalue weighted by atomic mass is 10.1. The maximum Gasteiger partial charge on any atom is 0.418 e. The Bertz CT molecular complexity index is 1050. The molecule has 1 heterocycles.